The molecule has 0 radical (unpaired) electrons. The van der Waals surface area contributed by atoms with Crippen LogP contribution in [-0.4, -0.2) is 44.6 Å². The van der Waals surface area contributed by atoms with Gasteiger partial charge in [0.25, 0.3) is 0 Å². The van der Waals surface area contributed by atoms with Crippen molar-refractivity contribution in [1.29, 1.82) is 0 Å². The fourth-order valence-electron chi connectivity index (χ4n) is 2.42. The minimum absolute atomic E-state index is 0.0154. The van der Waals surface area contributed by atoms with Crippen molar-refractivity contribution in [1.82, 2.24) is 19.9 Å². The van der Waals surface area contributed by atoms with E-state index in [0.717, 1.165) is 18.9 Å². The van der Waals surface area contributed by atoms with Crippen molar-refractivity contribution in [2.75, 3.05) is 19.6 Å². The van der Waals surface area contributed by atoms with E-state index < -0.39 is 0 Å². The van der Waals surface area contributed by atoms with E-state index in [9.17, 15) is 0 Å². The molecule has 88 valence electrons. The number of likely N-dealkylation sites (tertiary alicyclic amines) is 1. The molecule has 1 aromatic rings. The molecule has 3 rings (SSSR count). The van der Waals surface area contributed by atoms with Crippen LogP contribution in [-0.2, 0) is 6.61 Å². The summed E-state index contributed by atoms with van der Waals surface area (Å²) in [6.07, 6.45) is 5.85. The highest BCUT2D eigenvalue weighted by atomic mass is 16.3. The van der Waals surface area contributed by atoms with E-state index in [0.29, 0.717) is 11.7 Å². The molecule has 5 nitrogen and oxygen atoms in total. The Balaban J connectivity index is 1.59. The van der Waals surface area contributed by atoms with Crippen LogP contribution in [0, 0.1) is 5.92 Å². The second-order valence-corrected chi connectivity index (χ2v) is 4.99. The summed E-state index contributed by atoms with van der Waals surface area (Å²) in [5.74, 6) is 0.961. The maximum Gasteiger partial charge on any atom is 0.108 e. The molecule has 2 heterocycles. The van der Waals surface area contributed by atoms with Gasteiger partial charge in [-0.1, -0.05) is 5.21 Å². The molecule has 1 aliphatic heterocycles. The Morgan fingerprint density at radius 1 is 1.38 bits per heavy atom. The predicted molar refractivity (Wildman–Crippen MR) is 58.8 cm³/mol. The predicted octanol–water partition coefficient (Wildman–Crippen LogP) is 0.427. The Morgan fingerprint density at radius 2 is 2.25 bits per heavy atom. The van der Waals surface area contributed by atoms with E-state index in [4.69, 9.17) is 5.11 Å². The molecule has 1 aliphatic carbocycles. The van der Waals surface area contributed by atoms with Gasteiger partial charge in [-0.25, -0.2) is 4.68 Å². The summed E-state index contributed by atoms with van der Waals surface area (Å²) in [6, 6.07) is 0.451. The van der Waals surface area contributed by atoms with Crippen molar-refractivity contribution in [3.63, 3.8) is 0 Å². The van der Waals surface area contributed by atoms with Crippen molar-refractivity contribution in [2.24, 2.45) is 5.92 Å². The maximum atomic E-state index is 8.95. The van der Waals surface area contributed by atoms with Crippen LogP contribution < -0.4 is 0 Å². The molecule has 1 atom stereocenters. The lowest BCUT2D eigenvalue weighted by atomic mass is 10.3. The molecule has 1 saturated carbocycles. The highest BCUT2D eigenvalue weighted by Crippen LogP contribution is 2.32. The molecule has 0 bridgehead atoms. The van der Waals surface area contributed by atoms with E-state index >= 15 is 0 Å². The number of hydrogen-bond acceptors (Lipinski definition) is 4. The summed E-state index contributed by atoms with van der Waals surface area (Å²) in [7, 11) is 0. The summed E-state index contributed by atoms with van der Waals surface area (Å²) in [5, 5.41) is 16.9. The molecule has 1 N–H and O–H groups in total. The summed E-state index contributed by atoms with van der Waals surface area (Å²) in [5.41, 5.74) is 0.667. The van der Waals surface area contributed by atoms with Crippen LogP contribution in [0.25, 0.3) is 0 Å². The molecule has 0 unspecified atom stereocenters. The minimum Gasteiger partial charge on any atom is -0.390 e. The summed E-state index contributed by atoms with van der Waals surface area (Å²) < 4.78 is 1.92. The monoisotopic (exact) mass is 222 g/mol. The van der Waals surface area contributed by atoms with E-state index in [2.05, 4.69) is 15.2 Å². The molecule has 1 saturated heterocycles. The van der Waals surface area contributed by atoms with Gasteiger partial charge in [0.05, 0.1) is 18.8 Å². The number of hydrogen-bond donors (Lipinski definition) is 1. The highest BCUT2D eigenvalue weighted by molar-refractivity contribution is 4.93. The van der Waals surface area contributed by atoms with Crippen molar-refractivity contribution in [3.05, 3.63) is 11.9 Å². The number of aliphatic hydroxyl groups is 1. The van der Waals surface area contributed by atoms with Gasteiger partial charge in [-0.05, 0) is 25.2 Å². The van der Waals surface area contributed by atoms with Crippen LogP contribution in [0.2, 0.25) is 0 Å². The van der Waals surface area contributed by atoms with Gasteiger partial charge in [0.15, 0.2) is 0 Å². The Hall–Kier alpha value is -0.940. The quantitative estimate of drug-likeness (QED) is 0.802. The smallest absolute Gasteiger partial charge is 0.108 e. The molecule has 2 fully saturated rings. The summed E-state index contributed by atoms with van der Waals surface area (Å²) in [6.45, 7) is 3.51. The van der Waals surface area contributed by atoms with Crippen molar-refractivity contribution >= 4 is 0 Å². The van der Waals surface area contributed by atoms with Crippen LogP contribution >= 0.6 is 0 Å². The Bertz CT molecular complexity index is 361. The summed E-state index contributed by atoms with van der Waals surface area (Å²) >= 11 is 0. The number of nitrogens with zero attached hydrogens (tertiary/aromatic N) is 4. The molecule has 0 amide bonds. The van der Waals surface area contributed by atoms with E-state index in [1.165, 1.54) is 25.9 Å². The first-order chi connectivity index (χ1) is 7.85. The van der Waals surface area contributed by atoms with Gasteiger partial charge in [-0.15, -0.1) is 5.10 Å². The molecule has 2 aliphatic rings. The molecular weight excluding hydrogens is 204 g/mol. The van der Waals surface area contributed by atoms with Crippen LogP contribution in [0.4, 0.5) is 0 Å². The molecule has 0 aromatic carbocycles. The van der Waals surface area contributed by atoms with E-state index in [-0.39, 0.29) is 6.61 Å². The lowest BCUT2D eigenvalue weighted by molar-refractivity contribution is 0.276. The fraction of sp³-hybridized carbons (Fsp3) is 0.818. The Morgan fingerprint density at radius 3 is 2.94 bits per heavy atom. The average molecular weight is 222 g/mol. The lowest BCUT2D eigenvalue weighted by Gasteiger charge is -2.14. The highest BCUT2D eigenvalue weighted by Gasteiger charge is 2.30. The second-order valence-electron chi connectivity index (χ2n) is 4.99. The van der Waals surface area contributed by atoms with E-state index in [1.807, 2.05) is 10.9 Å². The minimum atomic E-state index is -0.0154. The molecule has 0 spiro atoms. The zero-order chi connectivity index (χ0) is 11.0. The van der Waals surface area contributed by atoms with Crippen LogP contribution in [0.1, 0.15) is 31.0 Å². The van der Waals surface area contributed by atoms with Crippen LogP contribution in [0.15, 0.2) is 6.20 Å². The fourth-order valence-corrected chi connectivity index (χ4v) is 2.42. The largest absolute Gasteiger partial charge is 0.390 e. The maximum absolute atomic E-state index is 8.95. The molecule has 16 heavy (non-hydrogen) atoms. The molecule has 5 heteroatoms. The Kier molecular flexibility index (Phi) is 2.65. The van der Waals surface area contributed by atoms with Crippen molar-refractivity contribution in [2.45, 2.75) is 31.9 Å². The van der Waals surface area contributed by atoms with Crippen LogP contribution in [0.3, 0.4) is 0 Å². The van der Waals surface area contributed by atoms with Gasteiger partial charge in [0.2, 0.25) is 0 Å². The number of aromatic nitrogens is 3. The standard InChI is InChI=1S/C11H18N4O/c16-8-10-6-15(13-12-10)11-3-4-14(7-11)5-9-1-2-9/h6,9,11,16H,1-5,7-8H2/t11-/m1/s1. The normalized spacial score (nSPS) is 26.4. The first-order valence-corrected chi connectivity index (χ1v) is 6.09. The van der Waals surface area contributed by atoms with E-state index in [1.54, 1.807) is 0 Å². The third-order valence-corrected chi connectivity index (χ3v) is 3.55. The second kappa shape index (κ2) is 4.14. The third-order valence-electron chi connectivity index (χ3n) is 3.55. The number of rotatable bonds is 4. The average Bonchev–Trinajstić information content (AvgIpc) is 2.83. The van der Waals surface area contributed by atoms with Crippen LogP contribution in [0.5, 0.6) is 0 Å². The number of aliphatic hydroxyl groups excluding tert-OH is 1. The topological polar surface area (TPSA) is 54.2 Å². The molecule has 1 aromatic heterocycles. The first kappa shape index (κ1) is 10.2. The van der Waals surface area contributed by atoms with Gasteiger partial charge in [0.1, 0.15) is 5.69 Å². The van der Waals surface area contributed by atoms with Gasteiger partial charge in [-0.2, -0.15) is 0 Å². The van der Waals surface area contributed by atoms with Crippen molar-refractivity contribution in [3.8, 4) is 0 Å². The van der Waals surface area contributed by atoms with Gasteiger partial charge in [-0.3, -0.25) is 0 Å². The first-order valence-electron chi connectivity index (χ1n) is 6.09. The lowest BCUT2D eigenvalue weighted by Crippen LogP contribution is -2.24. The SMILES string of the molecule is OCc1cn([C@@H]2CCN(CC3CC3)C2)nn1. The molecular formula is C11H18N4O. The third kappa shape index (κ3) is 2.10. The zero-order valence-corrected chi connectivity index (χ0v) is 9.42. The van der Waals surface area contributed by atoms with Crippen molar-refractivity contribution < 1.29 is 5.11 Å². The zero-order valence-electron chi connectivity index (χ0n) is 9.42. The van der Waals surface area contributed by atoms with Gasteiger partial charge >= 0.3 is 0 Å². The summed E-state index contributed by atoms with van der Waals surface area (Å²) in [4.78, 5) is 2.53. The van der Waals surface area contributed by atoms with Gasteiger partial charge < -0.3 is 10.0 Å². The van der Waals surface area contributed by atoms with Gasteiger partial charge in [0, 0.05) is 19.6 Å². The Labute approximate surface area is 95.1 Å².